The van der Waals surface area contributed by atoms with Crippen molar-refractivity contribution in [2.24, 2.45) is 0 Å². The Hall–Kier alpha value is -0.160. The summed E-state index contributed by atoms with van der Waals surface area (Å²) in [6.45, 7) is -0.250. The molecule has 0 aliphatic carbocycles. The van der Waals surface area contributed by atoms with Gasteiger partial charge in [-0.25, -0.2) is 0 Å². The van der Waals surface area contributed by atoms with Gasteiger partial charge in [-0.1, -0.05) is 0 Å². The fraction of sp³-hybridized carbons (Fsp3) is 1.00. The average molecular weight is 126 g/mol. The minimum atomic E-state index is -0.125. The Balaban J connectivity index is -0.0000000542. The van der Waals surface area contributed by atoms with Gasteiger partial charge in [0.1, 0.15) is 0 Å². The Morgan fingerprint density at radius 2 is 0.875 bits per heavy atom. The van der Waals surface area contributed by atoms with Crippen LogP contribution in [0.4, 0.5) is 0 Å². The summed E-state index contributed by atoms with van der Waals surface area (Å²) in [6.07, 6.45) is 0. The lowest BCUT2D eigenvalue weighted by molar-refractivity contribution is 0.186. The standard InChI is InChI=1S/C2H6O2.2CH4O/c3-1-2-4;2*1-2/h3-4H,1-2H2;2*2H,1H3. The summed E-state index contributed by atoms with van der Waals surface area (Å²) in [6, 6.07) is 0. The Labute approximate surface area is 49.0 Å². The van der Waals surface area contributed by atoms with Crippen LogP contribution >= 0.6 is 0 Å². The molecule has 0 aromatic heterocycles. The molecule has 0 saturated heterocycles. The number of hydrogen-bond donors (Lipinski definition) is 4. The van der Waals surface area contributed by atoms with E-state index in [4.69, 9.17) is 20.4 Å². The van der Waals surface area contributed by atoms with E-state index in [-0.39, 0.29) is 13.2 Å². The molecule has 0 spiro atoms. The summed E-state index contributed by atoms with van der Waals surface area (Å²) in [7, 11) is 2.00. The lowest BCUT2D eigenvalue weighted by Gasteiger charge is -1.70. The van der Waals surface area contributed by atoms with Gasteiger partial charge in [0, 0.05) is 14.2 Å². The van der Waals surface area contributed by atoms with E-state index in [0.29, 0.717) is 0 Å². The molecule has 0 aromatic carbocycles. The van der Waals surface area contributed by atoms with E-state index >= 15 is 0 Å². The molecule has 0 unspecified atom stereocenters. The van der Waals surface area contributed by atoms with Gasteiger partial charge >= 0.3 is 0 Å². The second-order valence-corrected chi connectivity index (χ2v) is 0.447. The van der Waals surface area contributed by atoms with Gasteiger partial charge in [-0.05, 0) is 0 Å². The topological polar surface area (TPSA) is 80.9 Å². The minimum absolute atomic E-state index is 0.125. The van der Waals surface area contributed by atoms with E-state index in [0.717, 1.165) is 14.2 Å². The van der Waals surface area contributed by atoms with Crippen molar-refractivity contribution in [3.05, 3.63) is 0 Å². The molecule has 0 saturated carbocycles. The zero-order valence-electron chi connectivity index (χ0n) is 5.20. The van der Waals surface area contributed by atoms with Gasteiger partial charge in [-0.2, -0.15) is 0 Å². The van der Waals surface area contributed by atoms with Crippen LogP contribution < -0.4 is 0 Å². The summed E-state index contributed by atoms with van der Waals surface area (Å²) in [5.41, 5.74) is 0. The molecule has 0 aromatic rings. The number of aliphatic hydroxyl groups excluding tert-OH is 4. The molecule has 0 fully saturated rings. The predicted octanol–water partition coefficient (Wildman–Crippen LogP) is -1.81. The van der Waals surface area contributed by atoms with Crippen LogP contribution in [0.1, 0.15) is 0 Å². The molecule has 0 heterocycles. The van der Waals surface area contributed by atoms with Crippen LogP contribution in [0.15, 0.2) is 0 Å². The summed E-state index contributed by atoms with van der Waals surface area (Å²) in [5, 5.41) is 29.2. The van der Waals surface area contributed by atoms with Crippen molar-refractivity contribution < 1.29 is 20.4 Å². The molecule has 54 valence electrons. The monoisotopic (exact) mass is 126 g/mol. The summed E-state index contributed by atoms with van der Waals surface area (Å²) in [5.74, 6) is 0. The fourth-order valence-corrected chi connectivity index (χ4v) is 0. The van der Waals surface area contributed by atoms with Gasteiger partial charge in [0.05, 0.1) is 13.2 Å². The first-order valence-corrected chi connectivity index (χ1v) is 2.03. The molecule has 0 atom stereocenters. The third-order valence-corrected chi connectivity index (χ3v) is 0.1000. The van der Waals surface area contributed by atoms with Crippen molar-refractivity contribution in [3.63, 3.8) is 0 Å². The van der Waals surface area contributed by atoms with Crippen LogP contribution in [-0.2, 0) is 0 Å². The number of rotatable bonds is 1. The molecule has 0 aliphatic heterocycles. The van der Waals surface area contributed by atoms with Gasteiger partial charge in [0.25, 0.3) is 0 Å². The zero-order chi connectivity index (χ0) is 7.41. The molecule has 0 bridgehead atoms. The Bertz CT molecular complexity index is 10.0. The first-order chi connectivity index (χ1) is 3.91. The van der Waals surface area contributed by atoms with Crippen LogP contribution in [0.25, 0.3) is 0 Å². The van der Waals surface area contributed by atoms with Crippen LogP contribution in [0, 0.1) is 0 Å². The van der Waals surface area contributed by atoms with Gasteiger partial charge in [-0.15, -0.1) is 0 Å². The van der Waals surface area contributed by atoms with Crippen molar-refractivity contribution in [1.82, 2.24) is 0 Å². The van der Waals surface area contributed by atoms with Crippen molar-refractivity contribution in [2.45, 2.75) is 0 Å². The summed E-state index contributed by atoms with van der Waals surface area (Å²) >= 11 is 0. The molecule has 0 radical (unpaired) electrons. The van der Waals surface area contributed by atoms with Gasteiger partial charge in [0.15, 0.2) is 0 Å². The van der Waals surface area contributed by atoms with Crippen LogP contribution in [0.3, 0.4) is 0 Å². The second-order valence-electron chi connectivity index (χ2n) is 0.447. The molecular weight excluding hydrogens is 112 g/mol. The third kappa shape index (κ3) is 194. The molecule has 4 heteroatoms. The fourth-order valence-electron chi connectivity index (χ4n) is 0. The van der Waals surface area contributed by atoms with E-state index in [1.54, 1.807) is 0 Å². The van der Waals surface area contributed by atoms with Crippen molar-refractivity contribution in [2.75, 3.05) is 27.4 Å². The number of hydrogen-bond acceptors (Lipinski definition) is 4. The maximum atomic E-state index is 7.62. The van der Waals surface area contributed by atoms with Crippen LogP contribution in [0.5, 0.6) is 0 Å². The highest BCUT2D eigenvalue weighted by Gasteiger charge is 1.58. The van der Waals surface area contributed by atoms with Gasteiger partial charge < -0.3 is 20.4 Å². The van der Waals surface area contributed by atoms with Crippen molar-refractivity contribution in [3.8, 4) is 0 Å². The van der Waals surface area contributed by atoms with Gasteiger partial charge in [-0.3, -0.25) is 0 Å². The summed E-state index contributed by atoms with van der Waals surface area (Å²) < 4.78 is 0. The lowest BCUT2D eigenvalue weighted by atomic mass is 10.8. The molecular formula is C4H14O4. The molecule has 0 rings (SSSR count). The molecule has 0 aliphatic rings. The number of aliphatic hydroxyl groups is 4. The van der Waals surface area contributed by atoms with Crippen molar-refractivity contribution in [1.29, 1.82) is 0 Å². The highest BCUT2D eigenvalue weighted by Crippen LogP contribution is 1.39. The maximum Gasteiger partial charge on any atom is 0.0662 e. The van der Waals surface area contributed by atoms with E-state index in [1.807, 2.05) is 0 Å². The Morgan fingerprint density at radius 3 is 0.875 bits per heavy atom. The largest absolute Gasteiger partial charge is 0.400 e. The predicted molar refractivity (Wildman–Crippen MR) is 30.5 cm³/mol. The molecule has 0 amide bonds. The highest BCUT2D eigenvalue weighted by atomic mass is 16.3. The Morgan fingerprint density at radius 1 is 0.750 bits per heavy atom. The van der Waals surface area contributed by atoms with E-state index in [1.165, 1.54) is 0 Å². The average Bonchev–Trinajstić information content (AvgIpc) is 1.96. The smallest absolute Gasteiger partial charge is 0.0662 e. The maximum absolute atomic E-state index is 7.62. The first kappa shape index (κ1) is 15.7. The quantitative estimate of drug-likeness (QED) is 0.334. The zero-order valence-corrected chi connectivity index (χ0v) is 5.20. The van der Waals surface area contributed by atoms with Crippen molar-refractivity contribution >= 4 is 0 Å². The van der Waals surface area contributed by atoms with E-state index < -0.39 is 0 Å². The van der Waals surface area contributed by atoms with E-state index in [9.17, 15) is 0 Å². The first-order valence-electron chi connectivity index (χ1n) is 2.03. The molecule has 8 heavy (non-hydrogen) atoms. The SMILES string of the molecule is CO.CO.OCCO. The molecule has 4 N–H and O–H groups in total. The van der Waals surface area contributed by atoms with Crippen LogP contribution in [0.2, 0.25) is 0 Å². The van der Waals surface area contributed by atoms with Gasteiger partial charge in [0.2, 0.25) is 0 Å². The minimum Gasteiger partial charge on any atom is -0.400 e. The third-order valence-electron chi connectivity index (χ3n) is 0.1000. The normalized spacial score (nSPS) is 5.25. The summed E-state index contributed by atoms with van der Waals surface area (Å²) in [4.78, 5) is 0. The second kappa shape index (κ2) is 68.9. The Kier molecular flexibility index (Phi) is 135. The van der Waals surface area contributed by atoms with Crippen LogP contribution in [-0.4, -0.2) is 47.9 Å². The highest BCUT2D eigenvalue weighted by molar-refractivity contribution is 4.06. The van der Waals surface area contributed by atoms with E-state index in [2.05, 4.69) is 0 Å². The molecule has 4 nitrogen and oxygen atoms in total. The lowest BCUT2D eigenvalue weighted by Crippen LogP contribution is -1.85.